The van der Waals surface area contributed by atoms with Gasteiger partial charge in [0, 0.05) is 0 Å². The van der Waals surface area contributed by atoms with Gasteiger partial charge in [-0.15, -0.1) is 0 Å². The summed E-state index contributed by atoms with van der Waals surface area (Å²) in [6.45, 7) is 7.58. The third kappa shape index (κ3) is 1.29. The van der Waals surface area contributed by atoms with Crippen LogP contribution in [0.25, 0.3) is 0 Å². The summed E-state index contributed by atoms with van der Waals surface area (Å²) in [5, 5.41) is 0. The van der Waals surface area contributed by atoms with Gasteiger partial charge < -0.3 is 4.74 Å². The maximum atomic E-state index is 11.1. The van der Waals surface area contributed by atoms with E-state index in [9.17, 15) is 4.79 Å². The first kappa shape index (κ1) is 7.92. The second-order valence-electron chi connectivity index (χ2n) is 3.40. The highest BCUT2D eigenvalue weighted by Crippen LogP contribution is 2.45. The molecule has 0 aliphatic carbocycles. The van der Waals surface area contributed by atoms with Gasteiger partial charge in [0.2, 0.25) is 0 Å². The molecule has 1 saturated heterocycles. The molecule has 0 saturated carbocycles. The number of cyclic esters (lactones) is 1. The van der Waals surface area contributed by atoms with E-state index >= 15 is 0 Å². The molecule has 0 bridgehead atoms. The molecular weight excluding hydrogens is 148 g/mol. The topological polar surface area (TPSA) is 26.3 Å². The fraction of sp³-hybridized carbons (Fsp3) is 0.857. The molecule has 0 atom stereocenters. The van der Waals surface area contributed by atoms with E-state index in [0.717, 1.165) is 0 Å². The van der Waals surface area contributed by atoms with Crippen LogP contribution in [0.3, 0.4) is 0 Å². The van der Waals surface area contributed by atoms with Crippen molar-refractivity contribution in [2.45, 2.75) is 37.4 Å². The van der Waals surface area contributed by atoms with Crippen molar-refractivity contribution in [3.63, 3.8) is 0 Å². The summed E-state index contributed by atoms with van der Waals surface area (Å²) in [7, 11) is 0. The number of esters is 1. The highest BCUT2D eigenvalue weighted by Gasteiger charge is 2.46. The Morgan fingerprint density at radius 1 is 1.30 bits per heavy atom. The Morgan fingerprint density at radius 3 is 1.90 bits per heavy atom. The number of carbonyl (C=O) groups excluding carboxylic acids is 1. The van der Waals surface area contributed by atoms with Crippen LogP contribution in [0.15, 0.2) is 0 Å². The van der Waals surface area contributed by atoms with Gasteiger partial charge in [0.05, 0.1) is 0 Å². The number of carbonyl (C=O) groups is 1. The second kappa shape index (κ2) is 1.91. The summed E-state index contributed by atoms with van der Waals surface area (Å²) in [6, 6.07) is 0. The van der Waals surface area contributed by atoms with Gasteiger partial charge in [-0.25, -0.2) is 0 Å². The van der Waals surface area contributed by atoms with Crippen LogP contribution in [0, 0.1) is 0 Å². The van der Waals surface area contributed by atoms with Gasteiger partial charge in [-0.05, 0) is 27.7 Å². The van der Waals surface area contributed by atoms with Crippen molar-refractivity contribution < 1.29 is 9.53 Å². The van der Waals surface area contributed by atoms with Crippen LogP contribution in [0.4, 0.5) is 0 Å². The van der Waals surface area contributed by atoms with Crippen molar-refractivity contribution in [2.75, 3.05) is 0 Å². The van der Waals surface area contributed by atoms with E-state index < -0.39 is 0 Å². The maximum absolute atomic E-state index is 11.1. The van der Waals surface area contributed by atoms with Crippen LogP contribution < -0.4 is 0 Å². The summed E-state index contributed by atoms with van der Waals surface area (Å²) in [5.41, 5.74) is 0. The number of ether oxygens (including phenoxy) is 1. The zero-order valence-corrected chi connectivity index (χ0v) is 7.54. The molecule has 1 fully saturated rings. The summed E-state index contributed by atoms with van der Waals surface area (Å²) >= 11 is 1.56. The fourth-order valence-corrected chi connectivity index (χ4v) is 2.49. The highest BCUT2D eigenvalue weighted by atomic mass is 32.2. The molecule has 58 valence electrons. The predicted octanol–water partition coefficient (Wildman–Crippen LogP) is 1.79. The molecule has 0 radical (unpaired) electrons. The first-order chi connectivity index (χ1) is 4.33. The van der Waals surface area contributed by atoms with E-state index in [4.69, 9.17) is 4.74 Å². The second-order valence-corrected chi connectivity index (χ2v) is 5.61. The predicted molar refractivity (Wildman–Crippen MR) is 41.8 cm³/mol. The Bertz CT molecular complexity index is 172. The molecule has 1 aliphatic heterocycles. The number of rotatable bonds is 0. The molecule has 3 heteroatoms. The molecular formula is C7H12O2S. The van der Waals surface area contributed by atoms with E-state index in [1.807, 2.05) is 27.7 Å². The van der Waals surface area contributed by atoms with E-state index in [1.54, 1.807) is 11.8 Å². The number of thioether (sulfide) groups is 1. The van der Waals surface area contributed by atoms with Gasteiger partial charge in [0.25, 0.3) is 0 Å². The fourth-order valence-electron chi connectivity index (χ4n) is 1.02. The van der Waals surface area contributed by atoms with Crippen molar-refractivity contribution in [2.24, 2.45) is 0 Å². The molecule has 1 heterocycles. The minimum atomic E-state index is -0.358. The summed E-state index contributed by atoms with van der Waals surface area (Å²) in [6.07, 6.45) is 0. The van der Waals surface area contributed by atoms with Crippen LogP contribution in [0.2, 0.25) is 0 Å². The smallest absolute Gasteiger partial charge is 0.323 e. The Kier molecular flexibility index (Phi) is 1.51. The monoisotopic (exact) mass is 160 g/mol. The van der Waals surface area contributed by atoms with E-state index in [0.29, 0.717) is 0 Å². The Labute approximate surface area is 65.3 Å². The van der Waals surface area contributed by atoms with Crippen molar-refractivity contribution in [1.29, 1.82) is 0 Å². The minimum Gasteiger partial charge on any atom is -0.447 e. The van der Waals surface area contributed by atoms with Crippen LogP contribution in [0.1, 0.15) is 27.7 Å². The van der Waals surface area contributed by atoms with Gasteiger partial charge in [0.15, 0.2) is 4.93 Å². The normalized spacial score (nSPS) is 28.2. The van der Waals surface area contributed by atoms with Crippen molar-refractivity contribution in [3.8, 4) is 0 Å². The third-order valence-electron chi connectivity index (χ3n) is 1.33. The van der Waals surface area contributed by atoms with Crippen molar-refractivity contribution in [1.82, 2.24) is 0 Å². The maximum Gasteiger partial charge on any atom is 0.323 e. The molecule has 0 unspecified atom stereocenters. The van der Waals surface area contributed by atoms with Crippen LogP contribution in [0.5, 0.6) is 0 Å². The lowest BCUT2D eigenvalue weighted by Gasteiger charge is -2.15. The average molecular weight is 160 g/mol. The highest BCUT2D eigenvalue weighted by molar-refractivity contribution is 8.02. The molecule has 1 rings (SSSR count). The molecule has 0 N–H and O–H groups in total. The van der Waals surface area contributed by atoms with Crippen molar-refractivity contribution >= 4 is 17.7 Å². The van der Waals surface area contributed by atoms with Gasteiger partial charge in [-0.3, -0.25) is 4.79 Å². The number of hydrogen-bond acceptors (Lipinski definition) is 3. The molecule has 10 heavy (non-hydrogen) atoms. The van der Waals surface area contributed by atoms with Gasteiger partial charge in [-0.2, -0.15) is 0 Å². The first-order valence-electron chi connectivity index (χ1n) is 3.27. The third-order valence-corrected chi connectivity index (χ3v) is 2.58. The van der Waals surface area contributed by atoms with Crippen LogP contribution in [-0.2, 0) is 9.53 Å². The first-order valence-corrected chi connectivity index (χ1v) is 4.09. The minimum absolute atomic E-state index is 0.109. The zero-order chi connectivity index (χ0) is 7.99. The lowest BCUT2D eigenvalue weighted by Crippen LogP contribution is -2.22. The lowest BCUT2D eigenvalue weighted by atomic mass is 10.2. The molecule has 0 amide bonds. The van der Waals surface area contributed by atoms with E-state index in [-0.39, 0.29) is 15.6 Å². The largest absolute Gasteiger partial charge is 0.447 e. The quantitative estimate of drug-likeness (QED) is 0.505. The molecule has 2 nitrogen and oxygen atoms in total. The van der Waals surface area contributed by atoms with Crippen LogP contribution in [-0.4, -0.2) is 15.6 Å². The van der Waals surface area contributed by atoms with E-state index in [2.05, 4.69) is 0 Å². The number of hydrogen-bond donors (Lipinski definition) is 0. The summed E-state index contributed by atoms with van der Waals surface area (Å²) in [4.78, 5) is 10.7. The Balaban J connectivity index is 2.81. The molecule has 0 aromatic carbocycles. The Hall–Kier alpha value is -0.180. The van der Waals surface area contributed by atoms with Gasteiger partial charge in [0.1, 0.15) is 4.75 Å². The average Bonchev–Trinajstić information content (AvgIpc) is 1.73. The summed E-state index contributed by atoms with van der Waals surface area (Å²) < 4.78 is 4.73. The molecule has 0 spiro atoms. The van der Waals surface area contributed by atoms with Crippen molar-refractivity contribution in [3.05, 3.63) is 0 Å². The standard InChI is InChI=1S/C7H12O2S/c1-6(2)5(8)9-7(3,4)10-6/h1-4H3. The lowest BCUT2D eigenvalue weighted by molar-refractivity contribution is -0.148. The molecule has 0 aromatic heterocycles. The zero-order valence-electron chi connectivity index (χ0n) is 6.72. The summed E-state index contributed by atoms with van der Waals surface area (Å²) in [5.74, 6) is -0.109. The Morgan fingerprint density at radius 2 is 1.80 bits per heavy atom. The SMILES string of the molecule is CC1(C)OC(=O)C(C)(C)S1. The molecule has 0 aromatic rings. The van der Waals surface area contributed by atoms with Crippen LogP contribution >= 0.6 is 11.8 Å². The molecule has 1 aliphatic rings. The van der Waals surface area contributed by atoms with E-state index in [1.165, 1.54) is 0 Å². The van der Waals surface area contributed by atoms with Gasteiger partial charge >= 0.3 is 5.97 Å². The van der Waals surface area contributed by atoms with Gasteiger partial charge in [-0.1, -0.05) is 11.8 Å².